The van der Waals surface area contributed by atoms with Crippen LogP contribution in [0.15, 0.2) is 27.7 Å². The molecular weight excluding hydrogens is 516 g/mol. The fraction of sp³-hybridized carbons (Fsp3) is 0.794. The molecule has 0 saturated carbocycles. The molecule has 40 heavy (non-hydrogen) atoms. The number of rotatable bonds is 21. The number of thiol groups is 1. The second-order valence-corrected chi connectivity index (χ2v) is 9.75. The highest BCUT2D eigenvalue weighted by atomic mass is 32.1. The molecule has 0 amide bonds. The van der Waals surface area contributed by atoms with E-state index in [4.69, 9.17) is 10.1 Å². The Labute approximate surface area is 256 Å². The highest BCUT2D eigenvalue weighted by Crippen LogP contribution is 2.16. The van der Waals surface area contributed by atoms with Gasteiger partial charge in [-0.15, -0.1) is 0 Å². The highest BCUT2D eigenvalue weighted by molar-refractivity contribution is 7.79. The van der Waals surface area contributed by atoms with Gasteiger partial charge in [0.25, 0.3) is 6.47 Å². The summed E-state index contributed by atoms with van der Waals surface area (Å²) in [5, 5.41) is 8.13. The Morgan fingerprint density at radius 1 is 0.825 bits per heavy atom. The normalized spacial score (nSPS) is 12.0. The first-order valence-electron chi connectivity index (χ1n) is 16.3. The monoisotopic (exact) mass is 584 g/mol. The van der Waals surface area contributed by atoms with Gasteiger partial charge in [-0.3, -0.25) is 10.2 Å². The second-order valence-electron chi connectivity index (χ2n) is 9.55. The zero-order valence-corrected chi connectivity index (χ0v) is 29.1. The number of carbonyl (C=O) groups excluding carboxylic acids is 1. The molecule has 1 unspecified atom stereocenters. The summed E-state index contributed by atoms with van der Waals surface area (Å²) in [5.41, 5.74) is 2.89. The average molecular weight is 585 g/mol. The van der Waals surface area contributed by atoms with Gasteiger partial charge in [-0.25, -0.2) is 4.40 Å². The summed E-state index contributed by atoms with van der Waals surface area (Å²) >= 11 is 4.05. The Morgan fingerprint density at radius 3 is 1.80 bits per heavy atom. The van der Waals surface area contributed by atoms with Gasteiger partial charge in [-0.05, 0) is 56.9 Å². The molecular formula is C34H68N2O3S. The predicted molar refractivity (Wildman–Crippen MR) is 183 cm³/mol. The molecule has 0 rings (SSSR count). The van der Waals surface area contributed by atoms with Gasteiger partial charge in [-0.2, -0.15) is 0 Å². The van der Waals surface area contributed by atoms with Gasteiger partial charge in [0.2, 0.25) is 5.90 Å². The second kappa shape index (κ2) is 39.6. The fourth-order valence-electron chi connectivity index (χ4n) is 3.59. The summed E-state index contributed by atoms with van der Waals surface area (Å²) in [7, 11) is 0. The van der Waals surface area contributed by atoms with Crippen molar-refractivity contribution >= 4 is 30.9 Å². The molecule has 0 aliphatic heterocycles. The third-order valence-corrected chi connectivity index (χ3v) is 6.31. The van der Waals surface area contributed by atoms with Crippen LogP contribution in [-0.2, 0) is 14.3 Å². The molecule has 0 aromatic heterocycles. The number of unbranched alkanes of at least 4 members (excludes halogenated alkanes) is 9. The van der Waals surface area contributed by atoms with E-state index in [1.807, 2.05) is 27.7 Å². The molecule has 1 N–H and O–H groups in total. The van der Waals surface area contributed by atoms with Crippen molar-refractivity contribution in [1.29, 1.82) is 5.41 Å². The number of carbonyl (C=O) groups is 1. The van der Waals surface area contributed by atoms with Crippen LogP contribution < -0.4 is 0 Å². The largest absolute Gasteiger partial charge is 0.477 e. The summed E-state index contributed by atoms with van der Waals surface area (Å²) in [6, 6.07) is 0. The minimum atomic E-state index is 0.127. The summed E-state index contributed by atoms with van der Waals surface area (Å²) < 4.78 is 14.1. The van der Waals surface area contributed by atoms with Crippen molar-refractivity contribution in [3.05, 3.63) is 23.3 Å². The third-order valence-electron chi connectivity index (χ3n) is 6.11. The lowest BCUT2D eigenvalue weighted by atomic mass is 9.98. The van der Waals surface area contributed by atoms with E-state index in [9.17, 15) is 4.79 Å². The Hall–Kier alpha value is -1.56. The van der Waals surface area contributed by atoms with Crippen LogP contribution in [0.2, 0.25) is 0 Å². The van der Waals surface area contributed by atoms with Crippen molar-refractivity contribution in [1.82, 2.24) is 0 Å². The van der Waals surface area contributed by atoms with Crippen LogP contribution in [0.5, 0.6) is 0 Å². The lowest BCUT2D eigenvalue weighted by Crippen LogP contribution is -2.19. The van der Waals surface area contributed by atoms with E-state index >= 15 is 0 Å². The van der Waals surface area contributed by atoms with Crippen molar-refractivity contribution in [2.75, 3.05) is 13.2 Å². The van der Waals surface area contributed by atoms with Gasteiger partial charge in [-0.1, -0.05) is 144 Å². The standard InChI is InChI=1S/C20H36N2OS.C10H20O2.2C2H6/c1-6-9-10-11-14-23-20(21)19(22-24)18(8-3)13-12-17(5)15-16(4)7-2;1-2-3-4-5-6-7-8-9-12-10-11;2*1-2/h12-13,16,21,24H,6-11,14-15H2,1-5H3;10H,2-9H2,1H3;2*1-2H3/b17-12?,18-13+,21-20?,22-19-;;;. The van der Waals surface area contributed by atoms with Crippen molar-refractivity contribution in [3.63, 3.8) is 0 Å². The van der Waals surface area contributed by atoms with Crippen LogP contribution in [0.1, 0.15) is 159 Å². The molecule has 5 nitrogen and oxygen atoms in total. The Morgan fingerprint density at radius 2 is 1.32 bits per heavy atom. The smallest absolute Gasteiger partial charge is 0.293 e. The van der Waals surface area contributed by atoms with Crippen LogP contribution in [0.3, 0.4) is 0 Å². The number of hydrogen-bond acceptors (Lipinski definition) is 6. The van der Waals surface area contributed by atoms with E-state index in [1.165, 1.54) is 63.4 Å². The van der Waals surface area contributed by atoms with E-state index in [0.29, 0.717) is 31.3 Å². The molecule has 0 aromatic rings. The molecule has 1 atom stereocenters. The average Bonchev–Trinajstić information content (AvgIpc) is 2.98. The predicted octanol–water partition coefficient (Wildman–Crippen LogP) is 11.5. The summed E-state index contributed by atoms with van der Waals surface area (Å²) in [5.74, 6) is 0.824. The molecule has 0 aromatic carbocycles. The topological polar surface area (TPSA) is 71.7 Å². The maximum atomic E-state index is 9.76. The van der Waals surface area contributed by atoms with Crippen LogP contribution in [0, 0.1) is 11.3 Å². The Bertz CT molecular complexity index is 631. The summed E-state index contributed by atoms with van der Waals surface area (Å²) in [6.45, 7) is 22.8. The molecule has 0 aliphatic carbocycles. The summed E-state index contributed by atoms with van der Waals surface area (Å²) in [4.78, 5) is 9.76. The van der Waals surface area contributed by atoms with Crippen LogP contribution in [0.25, 0.3) is 0 Å². The number of allylic oxidation sites excluding steroid dienone is 3. The van der Waals surface area contributed by atoms with E-state index in [1.54, 1.807) is 0 Å². The molecule has 0 fully saturated rings. The van der Waals surface area contributed by atoms with Gasteiger partial charge in [0.1, 0.15) is 5.71 Å². The van der Waals surface area contributed by atoms with E-state index in [-0.39, 0.29) is 5.90 Å². The van der Waals surface area contributed by atoms with E-state index in [0.717, 1.165) is 37.7 Å². The van der Waals surface area contributed by atoms with Crippen LogP contribution >= 0.6 is 12.8 Å². The third kappa shape index (κ3) is 32.7. The minimum absolute atomic E-state index is 0.127. The number of hydrogen-bond donors (Lipinski definition) is 2. The molecule has 0 heterocycles. The van der Waals surface area contributed by atoms with Gasteiger partial charge >= 0.3 is 0 Å². The number of ether oxygens (including phenoxy) is 2. The number of nitrogens with zero attached hydrogens (tertiary/aromatic N) is 1. The molecule has 0 saturated heterocycles. The zero-order chi connectivity index (χ0) is 31.4. The van der Waals surface area contributed by atoms with Gasteiger partial charge in [0, 0.05) is 0 Å². The zero-order valence-electron chi connectivity index (χ0n) is 28.2. The lowest BCUT2D eigenvalue weighted by molar-refractivity contribution is -0.128. The molecule has 238 valence electrons. The van der Waals surface area contributed by atoms with Gasteiger partial charge in [0.15, 0.2) is 0 Å². The van der Waals surface area contributed by atoms with Crippen molar-refractivity contribution < 1.29 is 14.3 Å². The SMILES string of the molecule is CC.CC.CCCCCCCCCOC=O.CCCCCCOC(=N)C(=N\S)/C(=C/C=C(C)CC(C)CC)CC. The quantitative estimate of drug-likeness (QED) is 0.0352. The lowest BCUT2D eigenvalue weighted by Gasteiger charge is -2.11. The molecule has 0 spiro atoms. The first-order valence-corrected chi connectivity index (χ1v) is 16.7. The maximum Gasteiger partial charge on any atom is 0.293 e. The molecule has 6 heteroatoms. The van der Waals surface area contributed by atoms with Crippen molar-refractivity contribution in [3.8, 4) is 0 Å². The molecule has 0 bridgehead atoms. The first-order chi connectivity index (χ1) is 19.4. The van der Waals surface area contributed by atoms with Crippen molar-refractivity contribution in [2.24, 2.45) is 10.3 Å². The molecule has 0 aliphatic rings. The van der Waals surface area contributed by atoms with Gasteiger partial charge in [0.05, 0.1) is 13.2 Å². The fourth-order valence-corrected chi connectivity index (χ4v) is 3.81. The van der Waals surface area contributed by atoms with Crippen LogP contribution in [0.4, 0.5) is 0 Å². The minimum Gasteiger partial charge on any atom is -0.477 e. The van der Waals surface area contributed by atoms with Crippen molar-refractivity contribution in [2.45, 2.75) is 159 Å². The van der Waals surface area contributed by atoms with Crippen LogP contribution in [-0.4, -0.2) is 31.3 Å². The Balaban J connectivity index is -0.000000339. The van der Waals surface area contributed by atoms with Gasteiger partial charge < -0.3 is 9.47 Å². The van der Waals surface area contributed by atoms with E-state index in [2.05, 4.69) is 75.6 Å². The van der Waals surface area contributed by atoms with E-state index < -0.39 is 0 Å². The molecule has 0 radical (unpaired) electrons. The maximum absolute atomic E-state index is 9.76. The number of nitrogens with one attached hydrogen (secondary N) is 1. The summed E-state index contributed by atoms with van der Waals surface area (Å²) in [6.07, 6.45) is 20.6. The highest BCUT2D eigenvalue weighted by Gasteiger charge is 2.12. The first kappa shape index (κ1) is 45.4. The Kier molecular flexibility index (Phi) is 45.0.